The molecule has 0 saturated heterocycles. The minimum absolute atomic E-state index is 0.0386. The first-order valence-corrected chi connectivity index (χ1v) is 11.2. The second-order valence-electron chi connectivity index (χ2n) is 7.33. The van der Waals surface area contributed by atoms with Crippen molar-refractivity contribution >= 4 is 17.7 Å². The van der Waals surface area contributed by atoms with Crippen molar-refractivity contribution in [1.82, 2.24) is 20.1 Å². The van der Waals surface area contributed by atoms with Crippen molar-refractivity contribution in [3.8, 4) is 5.75 Å². The number of hydrogen-bond donors (Lipinski definition) is 1. The lowest BCUT2D eigenvalue weighted by atomic mass is 9.98. The molecule has 4 rings (SSSR count). The summed E-state index contributed by atoms with van der Waals surface area (Å²) in [4.78, 5) is 12.8. The molecule has 6 nitrogen and oxygen atoms in total. The quantitative estimate of drug-likeness (QED) is 0.524. The summed E-state index contributed by atoms with van der Waals surface area (Å²) in [7, 11) is 1.65. The van der Waals surface area contributed by atoms with E-state index in [1.54, 1.807) is 7.11 Å². The van der Waals surface area contributed by atoms with E-state index in [-0.39, 0.29) is 11.9 Å². The molecule has 1 atom stereocenters. The first kappa shape index (κ1) is 20.5. The van der Waals surface area contributed by atoms with Gasteiger partial charge in [0.25, 0.3) is 0 Å². The second kappa shape index (κ2) is 9.34. The Morgan fingerprint density at radius 3 is 2.47 bits per heavy atom. The molecule has 30 heavy (non-hydrogen) atoms. The fourth-order valence-electron chi connectivity index (χ4n) is 3.48. The molecular weight excluding hydrogens is 396 g/mol. The Morgan fingerprint density at radius 1 is 1.13 bits per heavy atom. The molecule has 0 aliphatic heterocycles. The van der Waals surface area contributed by atoms with Crippen LogP contribution in [0.5, 0.6) is 5.75 Å². The van der Waals surface area contributed by atoms with Crippen LogP contribution in [-0.4, -0.2) is 33.5 Å². The standard InChI is InChI=1S/C23H26N4O2S/c1-3-27-22(18-9-10-18)25-26-23(27)30-15-20(28)24-21(16-7-5-4-6-8-16)17-11-13-19(29-2)14-12-17/h4-8,11-14,18,21H,3,9-10,15H2,1-2H3,(H,24,28)/t21-/m1/s1. The van der Waals surface area contributed by atoms with E-state index in [0.717, 1.165) is 34.4 Å². The predicted octanol–water partition coefficient (Wildman–Crippen LogP) is 4.18. The van der Waals surface area contributed by atoms with E-state index >= 15 is 0 Å². The van der Waals surface area contributed by atoms with Crippen LogP contribution in [0.4, 0.5) is 0 Å². The number of rotatable bonds is 9. The largest absolute Gasteiger partial charge is 0.497 e. The van der Waals surface area contributed by atoms with E-state index in [1.807, 2.05) is 54.6 Å². The minimum atomic E-state index is -0.226. The van der Waals surface area contributed by atoms with E-state index in [0.29, 0.717) is 11.7 Å². The highest BCUT2D eigenvalue weighted by Crippen LogP contribution is 2.40. The number of aromatic nitrogens is 3. The molecule has 0 unspecified atom stereocenters. The molecule has 1 heterocycles. The Kier molecular flexibility index (Phi) is 6.38. The van der Waals surface area contributed by atoms with Crippen LogP contribution >= 0.6 is 11.8 Å². The minimum Gasteiger partial charge on any atom is -0.497 e. The van der Waals surface area contributed by atoms with Gasteiger partial charge in [-0.15, -0.1) is 10.2 Å². The maximum atomic E-state index is 12.8. The van der Waals surface area contributed by atoms with Crippen LogP contribution in [0.25, 0.3) is 0 Å². The smallest absolute Gasteiger partial charge is 0.231 e. The number of nitrogens with one attached hydrogen (secondary N) is 1. The topological polar surface area (TPSA) is 69.0 Å². The molecule has 1 aliphatic carbocycles. The van der Waals surface area contributed by atoms with E-state index in [9.17, 15) is 4.79 Å². The Bertz CT molecular complexity index is 984. The summed E-state index contributed by atoms with van der Waals surface area (Å²) in [5.41, 5.74) is 2.04. The van der Waals surface area contributed by atoms with Gasteiger partial charge in [0.1, 0.15) is 11.6 Å². The van der Waals surface area contributed by atoms with Gasteiger partial charge >= 0.3 is 0 Å². The highest BCUT2D eigenvalue weighted by molar-refractivity contribution is 7.99. The Balaban J connectivity index is 1.46. The summed E-state index contributed by atoms with van der Waals surface area (Å²) in [6.45, 7) is 2.91. The van der Waals surface area contributed by atoms with Gasteiger partial charge in [0.05, 0.1) is 18.9 Å². The summed E-state index contributed by atoms with van der Waals surface area (Å²) in [5, 5.41) is 12.7. The molecule has 3 aromatic rings. The third kappa shape index (κ3) is 4.67. The van der Waals surface area contributed by atoms with Gasteiger partial charge in [0.2, 0.25) is 5.91 Å². The lowest BCUT2D eigenvalue weighted by Gasteiger charge is -2.20. The zero-order chi connectivity index (χ0) is 20.9. The number of carbonyl (C=O) groups excluding carboxylic acids is 1. The van der Waals surface area contributed by atoms with Crippen molar-refractivity contribution in [2.24, 2.45) is 0 Å². The summed E-state index contributed by atoms with van der Waals surface area (Å²) >= 11 is 1.44. The molecule has 7 heteroatoms. The van der Waals surface area contributed by atoms with Crippen molar-refractivity contribution in [3.05, 3.63) is 71.5 Å². The highest BCUT2D eigenvalue weighted by Gasteiger charge is 2.30. The van der Waals surface area contributed by atoms with E-state index in [1.165, 1.54) is 24.6 Å². The normalized spacial score (nSPS) is 14.3. The van der Waals surface area contributed by atoms with Crippen molar-refractivity contribution in [2.45, 2.75) is 43.4 Å². The van der Waals surface area contributed by atoms with Crippen LogP contribution in [0.2, 0.25) is 0 Å². The summed E-state index contributed by atoms with van der Waals surface area (Å²) in [6.07, 6.45) is 2.37. The summed E-state index contributed by atoms with van der Waals surface area (Å²) < 4.78 is 7.40. The molecule has 0 bridgehead atoms. The molecule has 156 valence electrons. The average molecular weight is 423 g/mol. The van der Waals surface area contributed by atoms with Crippen LogP contribution in [0.3, 0.4) is 0 Å². The summed E-state index contributed by atoms with van der Waals surface area (Å²) in [6, 6.07) is 17.6. The number of ether oxygens (including phenoxy) is 1. The summed E-state index contributed by atoms with van der Waals surface area (Å²) in [5.74, 6) is 2.64. The van der Waals surface area contributed by atoms with Crippen molar-refractivity contribution < 1.29 is 9.53 Å². The van der Waals surface area contributed by atoms with Crippen LogP contribution in [-0.2, 0) is 11.3 Å². The van der Waals surface area contributed by atoms with Crippen molar-refractivity contribution in [1.29, 1.82) is 0 Å². The molecule has 0 radical (unpaired) electrons. The Morgan fingerprint density at radius 2 is 1.83 bits per heavy atom. The predicted molar refractivity (Wildman–Crippen MR) is 118 cm³/mol. The van der Waals surface area contributed by atoms with E-state index in [4.69, 9.17) is 4.74 Å². The van der Waals surface area contributed by atoms with Crippen LogP contribution in [0.15, 0.2) is 59.8 Å². The average Bonchev–Trinajstić information content (AvgIpc) is 3.56. The van der Waals surface area contributed by atoms with Gasteiger partial charge in [0.15, 0.2) is 5.16 Å². The van der Waals surface area contributed by atoms with Gasteiger partial charge in [-0.25, -0.2) is 0 Å². The van der Waals surface area contributed by atoms with Gasteiger partial charge in [0, 0.05) is 12.5 Å². The third-order valence-corrected chi connectivity index (χ3v) is 6.19. The first-order chi connectivity index (χ1) is 14.7. The van der Waals surface area contributed by atoms with Gasteiger partial charge < -0.3 is 14.6 Å². The molecule has 1 amide bonds. The molecule has 1 aliphatic rings. The SMILES string of the molecule is CCn1c(SCC(=O)N[C@H](c2ccccc2)c2ccc(OC)cc2)nnc1C1CC1. The number of carbonyl (C=O) groups is 1. The van der Waals surface area contributed by atoms with Gasteiger partial charge in [-0.2, -0.15) is 0 Å². The molecule has 1 aromatic heterocycles. The van der Waals surface area contributed by atoms with Gasteiger partial charge in [-0.1, -0.05) is 54.2 Å². The number of hydrogen-bond acceptors (Lipinski definition) is 5. The van der Waals surface area contributed by atoms with Crippen molar-refractivity contribution in [3.63, 3.8) is 0 Å². The molecule has 1 N–H and O–H groups in total. The van der Waals surface area contributed by atoms with Crippen LogP contribution in [0.1, 0.15) is 48.7 Å². The second-order valence-corrected chi connectivity index (χ2v) is 8.27. The highest BCUT2D eigenvalue weighted by atomic mass is 32.2. The fraction of sp³-hybridized carbons (Fsp3) is 0.348. The molecule has 1 fully saturated rings. The Hall–Kier alpha value is -2.80. The number of thioether (sulfide) groups is 1. The number of benzene rings is 2. The van der Waals surface area contributed by atoms with Gasteiger partial charge in [-0.05, 0) is 43.0 Å². The lowest BCUT2D eigenvalue weighted by molar-refractivity contribution is -0.119. The molecule has 1 saturated carbocycles. The zero-order valence-corrected chi connectivity index (χ0v) is 18.1. The molecule has 0 spiro atoms. The monoisotopic (exact) mass is 422 g/mol. The van der Waals surface area contributed by atoms with E-state index in [2.05, 4.69) is 27.0 Å². The molecular formula is C23H26N4O2S. The number of amides is 1. The maximum absolute atomic E-state index is 12.8. The van der Waals surface area contributed by atoms with Crippen LogP contribution in [0, 0.1) is 0 Å². The lowest BCUT2D eigenvalue weighted by Crippen LogP contribution is -2.30. The van der Waals surface area contributed by atoms with Gasteiger partial charge in [-0.3, -0.25) is 4.79 Å². The number of methoxy groups -OCH3 is 1. The van der Waals surface area contributed by atoms with Crippen molar-refractivity contribution in [2.75, 3.05) is 12.9 Å². The number of nitrogens with zero attached hydrogens (tertiary/aromatic N) is 3. The zero-order valence-electron chi connectivity index (χ0n) is 17.2. The maximum Gasteiger partial charge on any atom is 0.231 e. The Labute approximate surface area is 181 Å². The van der Waals surface area contributed by atoms with E-state index < -0.39 is 0 Å². The first-order valence-electron chi connectivity index (χ1n) is 10.2. The molecule has 2 aromatic carbocycles. The third-order valence-electron chi connectivity index (χ3n) is 5.22. The fourth-order valence-corrected chi connectivity index (χ4v) is 4.30. The van der Waals surface area contributed by atoms with Crippen LogP contribution < -0.4 is 10.1 Å².